The number of nitrogens with zero attached hydrogens (tertiary/aromatic N) is 4. The van der Waals surface area contributed by atoms with E-state index in [0.717, 1.165) is 42.2 Å². The topological polar surface area (TPSA) is 72.3 Å². The van der Waals surface area contributed by atoms with Crippen molar-refractivity contribution in [3.05, 3.63) is 70.1 Å². The van der Waals surface area contributed by atoms with Gasteiger partial charge in [0.15, 0.2) is 5.69 Å². The van der Waals surface area contributed by atoms with Gasteiger partial charge in [-0.3, -0.25) is 14.4 Å². The molecule has 7 nitrogen and oxygen atoms in total. The van der Waals surface area contributed by atoms with Crippen molar-refractivity contribution >= 4 is 35.7 Å². The minimum atomic E-state index is -0.288. The first-order chi connectivity index (χ1) is 16.4. The second kappa shape index (κ2) is 12.4. The molecule has 1 fully saturated rings. The maximum Gasteiger partial charge on any atom is 0.277 e. The van der Waals surface area contributed by atoms with E-state index in [9.17, 15) is 4.79 Å². The molecule has 0 unspecified atom stereocenters. The molecule has 1 aliphatic heterocycles. The number of nitrogens with one attached hydrogen (secondary N) is 1. The van der Waals surface area contributed by atoms with E-state index in [2.05, 4.69) is 34.1 Å². The normalized spacial score (nSPS) is 13.6. The van der Waals surface area contributed by atoms with Crippen LogP contribution in [-0.4, -0.2) is 45.3 Å². The monoisotopic (exact) mass is 517 g/mol. The highest BCUT2D eigenvalue weighted by Crippen LogP contribution is 2.25. The Morgan fingerprint density at radius 3 is 2.60 bits per heavy atom. The van der Waals surface area contributed by atoms with Gasteiger partial charge in [-0.1, -0.05) is 31.5 Å². The van der Waals surface area contributed by atoms with Crippen molar-refractivity contribution in [2.75, 3.05) is 25.0 Å². The number of benzene rings is 1. The summed E-state index contributed by atoms with van der Waals surface area (Å²) in [7, 11) is 0. The van der Waals surface area contributed by atoms with Gasteiger partial charge in [-0.2, -0.15) is 5.10 Å². The maximum absolute atomic E-state index is 12.8. The fourth-order valence-electron chi connectivity index (χ4n) is 3.98. The van der Waals surface area contributed by atoms with Crippen molar-refractivity contribution in [3.63, 3.8) is 0 Å². The predicted octanol–water partition coefficient (Wildman–Crippen LogP) is 5.59. The molecule has 35 heavy (non-hydrogen) atoms. The highest BCUT2D eigenvalue weighted by molar-refractivity contribution is 6.30. The Labute approximate surface area is 218 Å². The molecule has 0 bridgehead atoms. The summed E-state index contributed by atoms with van der Waals surface area (Å²) in [6.07, 6.45) is 4.35. The number of ether oxygens (including phenoxy) is 1. The average molecular weight is 518 g/mol. The molecule has 3 aromatic rings. The third-order valence-corrected chi connectivity index (χ3v) is 6.03. The molecule has 1 saturated heterocycles. The number of hydrogen-bond donors (Lipinski definition) is 1. The molecule has 188 valence electrons. The van der Waals surface area contributed by atoms with Gasteiger partial charge in [-0.15, -0.1) is 12.4 Å². The van der Waals surface area contributed by atoms with Crippen molar-refractivity contribution in [1.82, 2.24) is 19.7 Å². The molecule has 1 aromatic carbocycles. The lowest BCUT2D eigenvalue weighted by Gasteiger charge is -2.14. The Kier molecular flexibility index (Phi) is 9.55. The Morgan fingerprint density at radius 1 is 1.14 bits per heavy atom. The van der Waals surface area contributed by atoms with E-state index >= 15 is 0 Å². The van der Waals surface area contributed by atoms with Gasteiger partial charge in [0.1, 0.15) is 11.6 Å². The fourth-order valence-corrected chi connectivity index (χ4v) is 4.18. The van der Waals surface area contributed by atoms with Gasteiger partial charge in [-0.25, -0.2) is 4.98 Å². The van der Waals surface area contributed by atoms with Crippen LogP contribution in [0, 0.1) is 12.8 Å². The molecular weight excluding hydrogens is 485 g/mol. The number of aryl methyl sites for hydroxylation is 1. The molecule has 0 aliphatic carbocycles. The summed E-state index contributed by atoms with van der Waals surface area (Å²) in [4.78, 5) is 19.6. The quantitative estimate of drug-likeness (QED) is 0.400. The number of aromatic nitrogens is 3. The lowest BCUT2D eigenvalue weighted by Crippen LogP contribution is -2.18. The lowest BCUT2D eigenvalue weighted by atomic mass is 10.2. The molecule has 0 atom stereocenters. The van der Waals surface area contributed by atoms with Gasteiger partial charge < -0.3 is 10.1 Å². The zero-order chi connectivity index (χ0) is 24.1. The zero-order valence-corrected chi connectivity index (χ0v) is 22.0. The molecule has 0 saturated carbocycles. The molecule has 9 heteroatoms. The second-order valence-corrected chi connectivity index (χ2v) is 9.71. The minimum Gasteiger partial charge on any atom is -0.493 e. The number of anilines is 1. The molecule has 1 amide bonds. The zero-order valence-electron chi connectivity index (χ0n) is 20.5. The third kappa shape index (κ3) is 7.43. The molecule has 4 rings (SSSR count). The van der Waals surface area contributed by atoms with E-state index in [-0.39, 0.29) is 18.3 Å². The van der Waals surface area contributed by atoms with Crippen LogP contribution in [0.15, 0.2) is 42.6 Å². The van der Waals surface area contributed by atoms with E-state index in [0.29, 0.717) is 35.6 Å². The first-order valence-electron chi connectivity index (χ1n) is 11.8. The largest absolute Gasteiger partial charge is 0.493 e. The Bertz CT molecular complexity index is 1130. The van der Waals surface area contributed by atoms with Crippen LogP contribution in [0.25, 0.3) is 0 Å². The maximum atomic E-state index is 12.8. The summed E-state index contributed by atoms with van der Waals surface area (Å²) in [5, 5.41) is 8.01. The summed E-state index contributed by atoms with van der Waals surface area (Å²) >= 11 is 6.23. The van der Waals surface area contributed by atoms with Crippen LogP contribution in [0.1, 0.15) is 54.0 Å². The number of pyridine rings is 1. The van der Waals surface area contributed by atoms with Crippen LogP contribution in [0.5, 0.6) is 5.75 Å². The van der Waals surface area contributed by atoms with Crippen LogP contribution >= 0.6 is 24.0 Å². The average Bonchev–Trinajstić information content (AvgIpc) is 3.44. The third-order valence-electron chi connectivity index (χ3n) is 5.80. The van der Waals surface area contributed by atoms with Gasteiger partial charge in [0, 0.05) is 29.0 Å². The molecule has 0 radical (unpaired) electrons. The summed E-state index contributed by atoms with van der Waals surface area (Å²) < 4.78 is 7.75. The summed E-state index contributed by atoms with van der Waals surface area (Å²) in [6, 6.07) is 11.2. The van der Waals surface area contributed by atoms with Gasteiger partial charge in [-0.05, 0) is 74.7 Å². The first-order valence-corrected chi connectivity index (χ1v) is 12.2. The molecule has 0 spiro atoms. The number of hydrogen-bond acceptors (Lipinski definition) is 5. The molecule has 1 N–H and O–H groups in total. The summed E-state index contributed by atoms with van der Waals surface area (Å²) in [5.41, 5.74) is 3.28. The molecule has 1 aliphatic rings. The van der Waals surface area contributed by atoms with Crippen molar-refractivity contribution in [2.24, 2.45) is 5.92 Å². The van der Waals surface area contributed by atoms with E-state index < -0.39 is 0 Å². The SMILES string of the molecule is Cc1cc(C(=O)Nc2ccc(CN3CCCC3)cn2)nn1Cc1cc(Cl)ccc1OCC(C)C.Cl. The van der Waals surface area contributed by atoms with Crippen LogP contribution in [-0.2, 0) is 13.1 Å². The van der Waals surface area contributed by atoms with Crippen molar-refractivity contribution in [2.45, 2.75) is 46.7 Å². The Hall–Kier alpha value is -2.61. The highest BCUT2D eigenvalue weighted by atomic mass is 35.5. The highest BCUT2D eigenvalue weighted by Gasteiger charge is 2.16. The number of carbonyl (C=O) groups excluding carboxylic acids is 1. The van der Waals surface area contributed by atoms with Gasteiger partial charge in [0.2, 0.25) is 0 Å². The molecule has 3 heterocycles. The Balaban J connectivity index is 0.00000342. The predicted molar refractivity (Wildman–Crippen MR) is 142 cm³/mol. The van der Waals surface area contributed by atoms with Gasteiger partial charge >= 0.3 is 0 Å². The number of halogens is 2. The Morgan fingerprint density at radius 2 is 1.91 bits per heavy atom. The lowest BCUT2D eigenvalue weighted by molar-refractivity contribution is 0.102. The van der Waals surface area contributed by atoms with Crippen LogP contribution in [0.4, 0.5) is 5.82 Å². The van der Waals surface area contributed by atoms with E-state index in [1.165, 1.54) is 12.8 Å². The van der Waals surface area contributed by atoms with Crippen molar-refractivity contribution in [3.8, 4) is 5.75 Å². The molecule has 2 aromatic heterocycles. The van der Waals surface area contributed by atoms with Gasteiger partial charge in [0.25, 0.3) is 5.91 Å². The van der Waals surface area contributed by atoms with Crippen LogP contribution in [0.2, 0.25) is 5.02 Å². The van der Waals surface area contributed by atoms with Crippen molar-refractivity contribution in [1.29, 1.82) is 0 Å². The summed E-state index contributed by atoms with van der Waals surface area (Å²) in [6.45, 7) is 10.4. The smallest absolute Gasteiger partial charge is 0.277 e. The van der Waals surface area contributed by atoms with E-state index in [1.54, 1.807) is 10.7 Å². The number of amides is 1. The number of likely N-dealkylation sites (tertiary alicyclic amines) is 1. The van der Waals surface area contributed by atoms with Crippen LogP contribution < -0.4 is 10.1 Å². The minimum absolute atomic E-state index is 0. The fraction of sp³-hybridized carbons (Fsp3) is 0.423. The first kappa shape index (κ1) is 27.0. The van der Waals surface area contributed by atoms with Crippen molar-refractivity contribution < 1.29 is 9.53 Å². The van der Waals surface area contributed by atoms with E-state index in [1.807, 2.05) is 43.5 Å². The second-order valence-electron chi connectivity index (χ2n) is 9.27. The number of carbonyl (C=O) groups is 1. The van der Waals surface area contributed by atoms with Crippen LogP contribution in [0.3, 0.4) is 0 Å². The summed E-state index contributed by atoms with van der Waals surface area (Å²) in [5.74, 6) is 1.41. The van der Waals surface area contributed by atoms with Gasteiger partial charge in [0.05, 0.1) is 13.2 Å². The standard InChI is InChI=1S/C26H32ClN5O2.ClH/c1-18(2)17-34-24-8-7-22(27)13-21(24)16-32-19(3)12-23(30-32)26(33)29-25-9-6-20(14-28-25)15-31-10-4-5-11-31;/h6-9,12-14,18H,4-5,10-11,15-17H2,1-3H3,(H,28,29,33);1H. The number of rotatable bonds is 9. The molecular formula is C26H33Cl2N5O2. The van der Waals surface area contributed by atoms with E-state index in [4.69, 9.17) is 16.3 Å².